The van der Waals surface area contributed by atoms with Crippen LogP contribution in [0.2, 0.25) is 5.02 Å². The summed E-state index contributed by atoms with van der Waals surface area (Å²) < 4.78 is 10.5. The van der Waals surface area contributed by atoms with Crippen molar-refractivity contribution < 1.29 is 9.47 Å². The maximum atomic E-state index is 6.15. The smallest absolute Gasteiger partial charge is 0.170 e. The fourth-order valence-electron chi connectivity index (χ4n) is 2.25. The number of aryl methyl sites for hydroxylation is 1. The van der Waals surface area contributed by atoms with Crippen molar-refractivity contribution in [2.45, 2.75) is 12.8 Å². The van der Waals surface area contributed by atoms with Crippen LogP contribution in [0.4, 0.5) is 5.69 Å². The molecule has 2 aromatic carbocycles. The molecule has 0 radical (unpaired) electrons. The van der Waals surface area contributed by atoms with Crippen LogP contribution >= 0.6 is 23.8 Å². The van der Waals surface area contributed by atoms with Crippen LogP contribution in [-0.4, -0.2) is 25.9 Å². The Morgan fingerprint density at radius 2 is 1.92 bits per heavy atom. The molecule has 0 spiro atoms. The molecular weight excluding hydrogens is 344 g/mol. The second-order valence-electron chi connectivity index (χ2n) is 5.14. The molecule has 128 valence electrons. The minimum absolute atomic E-state index is 0.553. The molecule has 0 atom stereocenters. The minimum atomic E-state index is 0.553. The average Bonchev–Trinajstić information content (AvgIpc) is 2.60. The molecule has 0 saturated carbocycles. The molecule has 0 heterocycles. The van der Waals surface area contributed by atoms with E-state index in [0.29, 0.717) is 10.9 Å². The van der Waals surface area contributed by atoms with Gasteiger partial charge in [-0.3, -0.25) is 0 Å². The lowest BCUT2D eigenvalue weighted by Crippen LogP contribution is -2.29. The molecule has 6 heteroatoms. The topological polar surface area (TPSA) is 42.5 Å². The zero-order chi connectivity index (χ0) is 17.4. The van der Waals surface area contributed by atoms with Crippen molar-refractivity contribution in [3.63, 3.8) is 0 Å². The van der Waals surface area contributed by atoms with Gasteiger partial charge in [-0.25, -0.2) is 0 Å². The van der Waals surface area contributed by atoms with Crippen molar-refractivity contribution in [3.8, 4) is 11.5 Å². The Labute approximate surface area is 153 Å². The summed E-state index contributed by atoms with van der Waals surface area (Å²) in [5.74, 6) is 1.41. The first-order valence-corrected chi connectivity index (χ1v) is 8.43. The van der Waals surface area contributed by atoms with Crippen molar-refractivity contribution in [1.82, 2.24) is 5.32 Å². The summed E-state index contributed by atoms with van der Waals surface area (Å²) in [5.41, 5.74) is 1.94. The molecule has 0 aliphatic heterocycles. The summed E-state index contributed by atoms with van der Waals surface area (Å²) in [5, 5.41) is 7.69. The number of hydrogen-bond donors (Lipinski definition) is 2. The highest BCUT2D eigenvalue weighted by molar-refractivity contribution is 7.80. The molecule has 0 aliphatic carbocycles. The molecule has 2 rings (SSSR count). The van der Waals surface area contributed by atoms with Gasteiger partial charge in [0.05, 0.1) is 19.9 Å². The van der Waals surface area contributed by atoms with E-state index in [1.165, 1.54) is 0 Å². The van der Waals surface area contributed by atoms with E-state index in [1.54, 1.807) is 14.2 Å². The van der Waals surface area contributed by atoms with Gasteiger partial charge >= 0.3 is 0 Å². The lowest BCUT2D eigenvalue weighted by Gasteiger charge is -2.14. The molecule has 0 saturated heterocycles. The highest BCUT2D eigenvalue weighted by Gasteiger charge is 2.06. The quantitative estimate of drug-likeness (QED) is 0.567. The number of nitrogens with one attached hydrogen (secondary N) is 2. The predicted octanol–water partition coefficient (Wildman–Crippen LogP) is 4.28. The van der Waals surface area contributed by atoms with E-state index in [9.17, 15) is 0 Å². The average molecular weight is 365 g/mol. The lowest BCUT2D eigenvalue weighted by atomic mass is 10.1. The van der Waals surface area contributed by atoms with Crippen LogP contribution in [0.3, 0.4) is 0 Å². The van der Waals surface area contributed by atoms with Gasteiger partial charge in [0.25, 0.3) is 0 Å². The van der Waals surface area contributed by atoms with Crippen molar-refractivity contribution in [2.75, 3.05) is 26.1 Å². The third kappa shape index (κ3) is 5.28. The zero-order valence-corrected chi connectivity index (χ0v) is 15.3. The minimum Gasteiger partial charge on any atom is -0.497 e. The molecule has 24 heavy (non-hydrogen) atoms. The molecular formula is C18H21ClN2O2S. The number of halogens is 1. The van der Waals surface area contributed by atoms with Crippen LogP contribution < -0.4 is 20.1 Å². The Morgan fingerprint density at radius 3 is 2.62 bits per heavy atom. The van der Waals surface area contributed by atoms with Crippen LogP contribution in [0, 0.1) is 0 Å². The highest BCUT2D eigenvalue weighted by atomic mass is 35.5. The van der Waals surface area contributed by atoms with Gasteiger partial charge in [0, 0.05) is 17.6 Å². The SMILES string of the molecule is COc1ccc(NC(=S)NCCCc2ccccc2Cl)c(OC)c1. The summed E-state index contributed by atoms with van der Waals surface area (Å²) in [4.78, 5) is 0. The van der Waals surface area contributed by atoms with Gasteiger partial charge in [0.1, 0.15) is 11.5 Å². The van der Waals surface area contributed by atoms with Crippen molar-refractivity contribution in [3.05, 3.63) is 53.1 Å². The molecule has 2 N–H and O–H groups in total. The van der Waals surface area contributed by atoms with Crippen molar-refractivity contribution in [2.24, 2.45) is 0 Å². The Bertz CT molecular complexity index is 694. The lowest BCUT2D eigenvalue weighted by molar-refractivity contribution is 0.395. The van der Waals surface area contributed by atoms with E-state index in [2.05, 4.69) is 10.6 Å². The third-order valence-corrected chi connectivity index (χ3v) is 4.14. The van der Waals surface area contributed by atoms with Gasteiger partial charge in [-0.2, -0.15) is 0 Å². The van der Waals surface area contributed by atoms with Gasteiger partial charge in [-0.1, -0.05) is 29.8 Å². The number of rotatable bonds is 7. The highest BCUT2D eigenvalue weighted by Crippen LogP contribution is 2.28. The first-order chi connectivity index (χ1) is 11.6. The van der Waals surface area contributed by atoms with Crippen LogP contribution in [0.1, 0.15) is 12.0 Å². The van der Waals surface area contributed by atoms with E-state index in [4.69, 9.17) is 33.3 Å². The maximum absolute atomic E-state index is 6.15. The first kappa shape index (κ1) is 18.4. The van der Waals surface area contributed by atoms with Crippen LogP contribution in [0.25, 0.3) is 0 Å². The predicted molar refractivity (Wildman–Crippen MR) is 104 cm³/mol. The van der Waals surface area contributed by atoms with Crippen molar-refractivity contribution >= 4 is 34.6 Å². The van der Waals surface area contributed by atoms with E-state index in [-0.39, 0.29) is 0 Å². The number of anilines is 1. The Balaban J connectivity index is 1.80. The first-order valence-electron chi connectivity index (χ1n) is 7.64. The van der Waals surface area contributed by atoms with E-state index >= 15 is 0 Å². The molecule has 0 amide bonds. The van der Waals surface area contributed by atoms with Crippen LogP contribution in [-0.2, 0) is 6.42 Å². The van der Waals surface area contributed by atoms with E-state index < -0.39 is 0 Å². The van der Waals surface area contributed by atoms with Gasteiger partial charge in [-0.05, 0) is 48.8 Å². The summed E-state index contributed by atoms with van der Waals surface area (Å²) >= 11 is 11.5. The summed E-state index contributed by atoms with van der Waals surface area (Å²) in [6.45, 7) is 0.759. The monoisotopic (exact) mass is 364 g/mol. The molecule has 0 bridgehead atoms. The Hall–Kier alpha value is -1.98. The van der Waals surface area contributed by atoms with Crippen LogP contribution in [0.5, 0.6) is 11.5 Å². The molecule has 0 fully saturated rings. The van der Waals surface area contributed by atoms with E-state index in [1.807, 2.05) is 42.5 Å². The maximum Gasteiger partial charge on any atom is 0.170 e. The standard InChI is InChI=1S/C18H21ClN2O2S/c1-22-14-9-10-16(17(12-14)23-2)21-18(24)20-11-5-7-13-6-3-4-8-15(13)19/h3-4,6,8-10,12H,5,7,11H2,1-2H3,(H2,20,21,24). The fraction of sp³-hybridized carbons (Fsp3) is 0.278. The Kier molecular flexibility index (Phi) is 7.15. The zero-order valence-electron chi connectivity index (χ0n) is 13.8. The van der Waals surface area contributed by atoms with Gasteiger partial charge < -0.3 is 20.1 Å². The molecule has 0 unspecified atom stereocenters. The summed E-state index contributed by atoms with van der Waals surface area (Å²) in [6, 6.07) is 13.4. The van der Waals surface area contributed by atoms with E-state index in [0.717, 1.165) is 41.4 Å². The second kappa shape index (κ2) is 9.35. The number of thiocarbonyl (C=S) groups is 1. The number of benzene rings is 2. The largest absolute Gasteiger partial charge is 0.497 e. The van der Waals surface area contributed by atoms with Crippen LogP contribution in [0.15, 0.2) is 42.5 Å². The summed E-state index contributed by atoms with van der Waals surface area (Å²) in [6.07, 6.45) is 1.84. The second-order valence-corrected chi connectivity index (χ2v) is 5.96. The molecule has 2 aromatic rings. The molecule has 0 aromatic heterocycles. The Morgan fingerprint density at radius 1 is 1.12 bits per heavy atom. The summed E-state index contributed by atoms with van der Waals surface area (Å²) in [7, 11) is 3.23. The molecule has 0 aliphatic rings. The van der Waals surface area contributed by atoms with Crippen molar-refractivity contribution in [1.29, 1.82) is 0 Å². The third-order valence-electron chi connectivity index (χ3n) is 3.52. The normalized spacial score (nSPS) is 10.1. The number of ether oxygens (including phenoxy) is 2. The number of methoxy groups -OCH3 is 2. The molecule has 4 nitrogen and oxygen atoms in total. The number of hydrogen-bond acceptors (Lipinski definition) is 3. The van der Waals surface area contributed by atoms with Gasteiger partial charge in [0.15, 0.2) is 5.11 Å². The van der Waals surface area contributed by atoms with Gasteiger partial charge in [0.2, 0.25) is 0 Å². The van der Waals surface area contributed by atoms with Gasteiger partial charge in [-0.15, -0.1) is 0 Å². The fourth-order valence-corrected chi connectivity index (χ4v) is 2.69.